The molecule has 1 fully saturated rings. The molecule has 0 amide bonds. The van der Waals surface area contributed by atoms with Crippen molar-refractivity contribution in [2.45, 2.75) is 57.0 Å². The third-order valence-electron chi connectivity index (χ3n) is 5.00. The minimum atomic E-state index is -0.00229. The van der Waals surface area contributed by atoms with Crippen molar-refractivity contribution in [2.24, 2.45) is 0 Å². The van der Waals surface area contributed by atoms with Gasteiger partial charge in [0.15, 0.2) is 0 Å². The standard InChI is InChI=1S/C17H21N5O/c23-16-5-2-10-20-22(16)13-8-6-12(7-9-13)21-17-14-3-1-4-15(14)18-11-19-17/h2,5,10-13H,1,3-4,6-9H2,(H,18,19,21). The molecule has 6 heteroatoms. The van der Waals surface area contributed by atoms with Crippen LogP contribution in [0.25, 0.3) is 0 Å². The van der Waals surface area contributed by atoms with E-state index >= 15 is 0 Å². The fraction of sp³-hybridized carbons (Fsp3) is 0.529. The molecule has 0 radical (unpaired) electrons. The first-order chi connectivity index (χ1) is 11.3. The summed E-state index contributed by atoms with van der Waals surface area (Å²) in [6.45, 7) is 0. The first-order valence-corrected chi connectivity index (χ1v) is 8.44. The third-order valence-corrected chi connectivity index (χ3v) is 5.00. The monoisotopic (exact) mass is 311 g/mol. The summed E-state index contributed by atoms with van der Waals surface area (Å²) in [7, 11) is 0. The van der Waals surface area contributed by atoms with Gasteiger partial charge in [-0.15, -0.1) is 0 Å². The molecule has 23 heavy (non-hydrogen) atoms. The summed E-state index contributed by atoms with van der Waals surface area (Å²) < 4.78 is 1.64. The predicted molar refractivity (Wildman–Crippen MR) is 87.5 cm³/mol. The van der Waals surface area contributed by atoms with Gasteiger partial charge in [0.05, 0.1) is 6.04 Å². The molecule has 2 aliphatic rings. The second-order valence-electron chi connectivity index (χ2n) is 6.46. The van der Waals surface area contributed by atoms with Gasteiger partial charge in [-0.3, -0.25) is 4.79 Å². The van der Waals surface area contributed by atoms with Crippen LogP contribution < -0.4 is 10.9 Å². The van der Waals surface area contributed by atoms with Crippen molar-refractivity contribution >= 4 is 5.82 Å². The molecular weight excluding hydrogens is 290 g/mol. The number of nitrogens with zero attached hydrogens (tertiary/aromatic N) is 4. The molecule has 0 saturated heterocycles. The fourth-order valence-electron chi connectivity index (χ4n) is 3.79. The molecule has 0 aromatic carbocycles. The van der Waals surface area contributed by atoms with Gasteiger partial charge in [-0.05, 0) is 51.0 Å². The van der Waals surface area contributed by atoms with E-state index in [0.29, 0.717) is 6.04 Å². The fourth-order valence-corrected chi connectivity index (χ4v) is 3.79. The minimum Gasteiger partial charge on any atom is -0.367 e. The van der Waals surface area contributed by atoms with Gasteiger partial charge in [0, 0.05) is 29.6 Å². The van der Waals surface area contributed by atoms with Gasteiger partial charge in [0.25, 0.3) is 5.56 Å². The molecule has 0 atom stereocenters. The molecule has 0 spiro atoms. The Morgan fingerprint density at radius 3 is 2.83 bits per heavy atom. The lowest BCUT2D eigenvalue weighted by Crippen LogP contribution is -2.33. The summed E-state index contributed by atoms with van der Waals surface area (Å²) in [5.74, 6) is 1.02. The molecule has 4 rings (SSSR count). The van der Waals surface area contributed by atoms with E-state index in [1.165, 1.54) is 17.7 Å². The Bertz CT molecular complexity index is 749. The van der Waals surface area contributed by atoms with Crippen molar-refractivity contribution in [3.05, 3.63) is 46.3 Å². The minimum absolute atomic E-state index is 0.00229. The first-order valence-electron chi connectivity index (χ1n) is 8.44. The zero-order chi connectivity index (χ0) is 15.6. The molecule has 0 bridgehead atoms. The Hall–Kier alpha value is -2.24. The quantitative estimate of drug-likeness (QED) is 0.940. The van der Waals surface area contributed by atoms with Crippen LogP contribution in [0.15, 0.2) is 29.5 Å². The highest BCUT2D eigenvalue weighted by Crippen LogP contribution is 2.31. The van der Waals surface area contributed by atoms with E-state index in [1.807, 2.05) is 0 Å². The van der Waals surface area contributed by atoms with Gasteiger partial charge in [-0.25, -0.2) is 14.6 Å². The van der Waals surface area contributed by atoms with Crippen LogP contribution in [0.5, 0.6) is 0 Å². The maximum atomic E-state index is 11.9. The van der Waals surface area contributed by atoms with Crippen LogP contribution in [0, 0.1) is 0 Å². The van der Waals surface area contributed by atoms with Crippen molar-refractivity contribution in [3.63, 3.8) is 0 Å². The summed E-state index contributed by atoms with van der Waals surface area (Å²) in [6, 6.07) is 3.92. The number of nitrogens with one attached hydrogen (secondary N) is 1. The SMILES string of the molecule is O=c1cccnn1C1CCC(Nc2ncnc3c2CCC3)CC1. The second kappa shape index (κ2) is 6.10. The molecule has 2 aromatic heterocycles. The number of hydrogen-bond acceptors (Lipinski definition) is 5. The summed E-state index contributed by atoms with van der Waals surface area (Å²) in [4.78, 5) is 20.7. The smallest absolute Gasteiger partial charge is 0.266 e. The molecule has 6 nitrogen and oxygen atoms in total. The maximum absolute atomic E-state index is 11.9. The Morgan fingerprint density at radius 2 is 2.00 bits per heavy atom. The summed E-state index contributed by atoms with van der Waals surface area (Å²) in [6.07, 6.45) is 10.7. The lowest BCUT2D eigenvalue weighted by atomic mass is 9.91. The Labute approximate surface area is 135 Å². The first kappa shape index (κ1) is 14.4. The van der Waals surface area contributed by atoms with E-state index in [9.17, 15) is 4.79 Å². The summed E-state index contributed by atoms with van der Waals surface area (Å²) in [5, 5.41) is 7.83. The Kier molecular flexibility index (Phi) is 3.81. The number of fused-ring (bicyclic) bond motifs is 1. The zero-order valence-corrected chi connectivity index (χ0v) is 13.1. The lowest BCUT2D eigenvalue weighted by Gasteiger charge is -2.30. The van der Waals surface area contributed by atoms with Gasteiger partial charge in [-0.2, -0.15) is 5.10 Å². The summed E-state index contributed by atoms with van der Waals surface area (Å²) in [5.41, 5.74) is 2.50. The van der Waals surface area contributed by atoms with Crippen molar-refractivity contribution in [1.82, 2.24) is 19.7 Å². The Morgan fingerprint density at radius 1 is 1.13 bits per heavy atom. The third kappa shape index (κ3) is 2.85. The van der Waals surface area contributed by atoms with E-state index in [0.717, 1.165) is 44.3 Å². The predicted octanol–water partition coefficient (Wildman–Crippen LogP) is 2.12. The molecular formula is C17H21N5O. The van der Waals surface area contributed by atoms with E-state index < -0.39 is 0 Å². The van der Waals surface area contributed by atoms with E-state index in [4.69, 9.17) is 0 Å². The average Bonchev–Trinajstić information content (AvgIpc) is 3.06. The zero-order valence-electron chi connectivity index (χ0n) is 13.1. The van der Waals surface area contributed by atoms with E-state index in [2.05, 4.69) is 20.4 Å². The number of rotatable bonds is 3. The highest BCUT2D eigenvalue weighted by atomic mass is 16.1. The lowest BCUT2D eigenvalue weighted by molar-refractivity contribution is 0.303. The molecule has 1 saturated carbocycles. The molecule has 2 aliphatic carbocycles. The largest absolute Gasteiger partial charge is 0.367 e. The topological polar surface area (TPSA) is 72.7 Å². The van der Waals surface area contributed by atoms with Gasteiger partial charge in [0.1, 0.15) is 12.1 Å². The Balaban J connectivity index is 1.42. The van der Waals surface area contributed by atoms with Crippen LogP contribution in [0.3, 0.4) is 0 Å². The van der Waals surface area contributed by atoms with Gasteiger partial charge in [0.2, 0.25) is 0 Å². The van der Waals surface area contributed by atoms with Gasteiger partial charge < -0.3 is 5.32 Å². The van der Waals surface area contributed by atoms with Crippen molar-refractivity contribution in [3.8, 4) is 0 Å². The average molecular weight is 311 g/mol. The van der Waals surface area contributed by atoms with Crippen LogP contribution >= 0.6 is 0 Å². The van der Waals surface area contributed by atoms with Crippen LogP contribution in [-0.4, -0.2) is 25.8 Å². The number of aromatic nitrogens is 4. The van der Waals surface area contributed by atoms with Gasteiger partial charge >= 0.3 is 0 Å². The molecule has 0 unspecified atom stereocenters. The highest BCUT2D eigenvalue weighted by molar-refractivity contribution is 5.48. The van der Waals surface area contributed by atoms with Crippen LogP contribution in [0.2, 0.25) is 0 Å². The van der Waals surface area contributed by atoms with Crippen molar-refractivity contribution in [2.75, 3.05) is 5.32 Å². The van der Waals surface area contributed by atoms with E-state index in [1.54, 1.807) is 29.3 Å². The highest BCUT2D eigenvalue weighted by Gasteiger charge is 2.25. The number of hydrogen-bond donors (Lipinski definition) is 1. The van der Waals surface area contributed by atoms with Crippen molar-refractivity contribution in [1.29, 1.82) is 0 Å². The molecule has 120 valence electrons. The molecule has 0 aliphatic heterocycles. The maximum Gasteiger partial charge on any atom is 0.266 e. The van der Waals surface area contributed by atoms with E-state index in [-0.39, 0.29) is 11.6 Å². The normalized spacial score (nSPS) is 23.5. The van der Waals surface area contributed by atoms with Crippen LogP contribution in [0.1, 0.15) is 49.4 Å². The summed E-state index contributed by atoms with van der Waals surface area (Å²) >= 11 is 0. The van der Waals surface area contributed by atoms with Crippen LogP contribution in [0.4, 0.5) is 5.82 Å². The molecule has 2 heterocycles. The molecule has 2 aromatic rings. The van der Waals surface area contributed by atoms with Gasteiger partial charge in [-0.1, -0.05) is 0 Å². The number of anilines is 1. The van der Waals surface area contributed by atoms with Crippen molar-refractivity contribution < 1.29 is 0 Å². The second-order valence-corrected chi connectivity index (χ2v) is 6.46. The number of aryl methyl sites for hydroxylation is 1. The van der Waals surface area contributed by atoms with Crippen LogP contribution in [-0.2, 0) is 12.8 Å². The molecule has 1 N–H and O–H groups in total.